The monoisotopic (exact) mass is 833 g/mol. The van der Waals surface area contributed by atoms with Crippen molar-refractivity contribution in [3.63, 3.8) is 0 Å². The lowest BCUT2D eigenvalue weighted by molar-refractivity contribution is 0.0783. The van der Waals surface area contributed by atoms with E-state index in [0.29, 0.717) is 35.2 Å². The maximum Gasteiger partial charge on any atom is 0.412 e. The Morgan fingerprint density at radius 2 is 1.69 bits per heavy atom. The molecule has 0 spiro atoms. The van der Waals surface area contributed by atoms with Crippen molar-refractivity contribution < 1.29 is 39.1 Å². The maximum absolute atomic E-state index is 13.3. The van der Waals surface area contributed by atoms with Gasteiger partial charge in [-0.1, -0.05) is 60.1 Å². The van der Waals surface area contributed by atoms with E-state index in [2.05, 4.69) is 26.6 Å². The minimum Gasteiger partial charge on any atom is -0.506 e. The highest BCUT2D eigenvalue weighted by Gasteiger charge is 2.47. The van der Waals surface area contributed by atoms with Crippen LogP contribution in [0.15, 0.2) is 89.7 Å². The van der Waals surface area contributed by atoms with Crippen LogP contribution in [0.4, 0.5) is 19.9 Å². The molecular weight excluding hydrogens is 784 g/mol. The molecule has 5 aromatic rings. The third kappa shape index (κ3) is 9.68. The van der Waals surface area contributed by atoms with Crippen molar-refractivity contribution in [2.45, 2.75) is 56.7 Å². The summed E-state index contributed by atoms with van der Waals surface area (Å²) in [5.74, 6) is 0.0525. The number of H-pyrrole nitrogens is 1. The molecule has 0 aliphatic carbocycles. The number of rotatable bonds is 15. The number of unbranched alkanes of at least 4 members (excludes halogenated alkanes) is 1. The van der Waals surface area contributed by atoms with Crippen molar-refractivity contribution in [2.75, 3.05) is 44.7 Å². The number of aromatic nitrogens is 1. The summed E-state index contributed by atoms with van der Waals surface area (Å²) in [6, 6.07) is 25.3. The number of carboxylic acid groups (broad SMARTS) is 1. The standard InChI is InChI=1S/C44H48ClN5O7.2FH/c1-57-39-25-34(35(45)24-30(39)26-46-27-38(52)32-12-14-37(51)41-33(32)13-15-40(53)48-41)42(54)47-19-6-5-7-28-10-11-31(29-8-3-2-4-9-29)36(23-28)50(43(55)56)44-16-20-49(21-17-44)22-18-44;;/h2-4,8-15,23-25,38,46,51-52H,5-7,16-22,26-27H2,1H3,(H,47,54)(H,48,53)(H,55,56);2*1H. The summed E-state index contributed by atoms with van der Waals surface area (Å²) in [7, 11) is 1.51. The molecular formula is C44H50ClF2N5O7. The molecule has 8 rings (SSSR count). The number of nitrogens with zero attached hydrogens (tertiary/aromatic N) is 2. The van der Waals surface area contributed by atoms with Gasteiger partial charge < -0.3 is 40.6 Å². The zero-order chi connectivity index (χ0) is 40.1. The van der Waals surface area contributed by atoms with Gasteiger partial charge in [-0.3, -0.25) is 23.9 Å². The molecule has 15 heteroatoms. The number of halogens is 3. The highest BCUT2D eigenvalue weighted by atomic mass is 35.5. The van der Waals surface area contributed by atoms with Crippen LogP contribution in [0.3, 0.4) is 0 Å². The number of amides is 2. The summed E-state index contributed by atoms with van der Waals surface area (Å²) in [5, 5.41) is 38.8. The molecule has 0 radical (unpaired) electrons. The zero-order valence-electron chi connectivity index (χ0n) is 32.7. The number of pyridine rings is 1. The molecule has 2 bridgehead atoms. The van der Waals surface area contributed by atoms with E-state index in [1.165, 1.54) is 19.2 Å². The molecule has 314 valence electrons. The molecule has 1 aromatic heterocycles. The number of ether oxygens (including phenoxy) is 1. The zero-order valence-corrected chi connectivity index (χ0v) is 33.5. The Balaban J connectivity index is 0.00000331. The molecule has 1 unspecified atom stereocenters. The molecule has 59 heavy (non-hydrogen) atoms. The second-order valence-corrected chi connectivity index (χ2v) is 15.3. The van der Waals surface area contributed by atoms with E-state index < -0.39 is 17.7 Å². The Hall–Kier alpha value is -5.54. The Kier molecular flexibility index (Phi) is 14.7. The first-order valence-electron chi connectivity index (χ1n) is 19.4. The molecule has 4 heterocycles. The number of carbonyl (C=O) groups is 2. The van der Waals surface area contributed by atoms with E-state index in [4.69, 9.17) is 16.3 Å². The smallest absolute Gasteiger partial charge is 0.412 e. The normalized spacial score (nSPS) is 17.4. The largest absolute Gasteiger partial charge is 0.506 e. The summed E-state index contributed by atoms with van der Waals surface area (Å²) in [4.78, 5) is 44.7. The second-order valence-electron chi connectivity index (χ2n) is 14.9. The lowest BCUT2D eigenvalue weighted by Crippen LogP contribution is -2.62. The average molecular weight is 834 g/mol. The van der Waals surface area contributed by atoms with Gasteiger partial charge in [0.1, 0.15) is 11.5 Å². The number of aromatic amines is 1. The maximum atomic E-state index is 13.3. The summed E-state index contributed by atoms with van der Waals surface area (Å²) >= 11 is 6.61. The third-order valence-corrected chi connectivity index (χ3v) is 11.8. The van der Waals surface area contributed by atoms with E-state index in [0.717, 1.165) is 74.1 Å². The van der Waals surface area contributed by atoms with Crippen LogP contribution < -0.4 is 25.8 Å². The van der Waals surface area contributed by atoms with Gasteiger partial charge in [0.25, 0.3) is 5.91 Å². The van der Waals surface area contributed by atoms with Gasteiger partial charge in [-0.2, -0.15) is 0 Å². The van der Waals surface area contributed by atoms with Crippen LogP contribution in [0, 0.1) is 0 Å². The SMILES string of the molecule is COc1cc(C(=O)NCCCCc2ccc(-c3ccccc3)c(N(C(=O)O)C34CCN(CC3)CC4)c2)c(Cl)cc1CNCC(O)c1ccc(O)c2[nH]c(=O)ccc12.F.F. The van der Waals surface area contributed by atoms with Gasteiger partial charge in [-0.25, -0.2) is 4.79 Å². The first-order valence-corrected chi connectivity index (χ1v) is 19.8. The number of benzene rings is 4. The minimum absolute atomic E-state index is 0. The molecule has 3 saturated heterocycles. The number of nitrogens with one attached hydrogen (secondary N) is 3. The summed E-state index contributed by atoms with van der Waals surface area (Å²) in [5.41, 5.74) is 4.67. The van der Waals surface area contributed by atoms with Gasteiger partial charge in [0.15, 0.2) is 0 Å². The van der Waals surface area contributed by atoms with Crippen molar-refractivity contribution in [2.24, 2.45) is 0 Å². The quantitative estimate of drug-likeness (QED) is 0.0600. The lowest BCUT2D eigenvalue weighted by atomic mass is 9.78. The second kappa shape index (κ2) is 19.5. The molecule has 1 atom stereocenters. The van der Waals surface area contributed by atoms with Crippen LogP contribution in [-0.2, 0) is 13.0 Å². The molecule has 3 fully saturated rings. The number of phenolic OH excluding ortho intramolecular Hbond substituents is 1. The number of aryl methyl sites for hydroxylation is 1. The molecule has 3 aliphatic heterocycles. The summed E-state index contributed by atoms with van der Waals surface area (Å²) in [6.07, 6.45) is 2.81. The molecule has 0 saturated carbocycles. The van der Waals surface area contributed by atoms with Crippen LogP contribution >= 0.6 is 11.6 Å². The van der Waals surface area contributed by atoms with Crippen LogP contribution in [0.5, 0.6) is 11.5 Å². The van der Waals surface area contributed by atoms with Crippen LogP contribution in [0.1, 0.15) is 65.3 Å². The number of aliphatic hydroxyl groups is 1. The third-order valence-electron chi connectivity index (χ3n) is 11.4. The van der Waals surface area contributed by atoms with Crippen molar-refractivity contribution in [3.8, 4) is 22.6 Å². The van der Waals surface area contributed by atoms with E-state index in [9.17, 15) is 29.7 Å². The number of aliphatic hydroxyl groups excluding tert-OH is 1. The highest BCUT2D eigenvalue weighted by Crippen LogP contribution is 2.44. The fourth-order valence-electron chi connectivity index (χ4n) is 8.34. The number of carbonyl (C=O) groups excluding carboxylic acids is 1. The van der Waals surface area contributed by atoms with Crippen molar-refractivity contribution in [3.05, 3.63) is 123 Å². The van der Waals surface area contributed by atoms with Gasteiger partial charge in [-0.15, -0.1) is 0 Å². The molecule has 2 amide bonds. The van der Waals surface area contributed by atoms with E-state index >= 15 is 0 Å². The van der Waals surface area contributed by atoms with Crippen LogP contribution in [0.2, 0.25) is 5.02 Å². The molecule has 6 N–H and O–H groups in total. The molecule has 12 nitrogen and oxygen atoms in total. The average Bonchev–Trinajstić information content (AvgIpc) is 3.22. The van der Waals surface area contributed by atoms with Crippen LogP contribution in [0.25, 0.3) is 22.0 Å². The van der Waals surface area contributed by atoms with Gasteiger partial charge in [0, 0.05) is 61.8 Å². The Labute approximate surface area is 345 Å². The Morgan fingerprint density at radius 1 is 0.966 bits per heavy atom. The Morgan fingerprint density at radius 3 is 2.39 bits per heavy atom. The number of hydrogen-bond donors (Lipinski definition) is 6. The fraction of sp³-hybridized carbons (Fsp3) is 0.341. The van der Waals surface area contributed by atoms with Crippen molar-refractivity contribution in [1.82, 2.24) is 20.5 Å². The first kappa shape index (κ1) is 44.6. The summed E-state index contributed by atoms with van der Waals surface area (Å²) in [6.45, 7) is 3.59. The Bertz CT molecular complexity index is 2310. The number of aromatic hydroxyl groups is 1. The number of fused-ring (bicyclic) bond motifs is 4. The van der Waals surface area contributed by atoms with Crippen LogP contribution in [-0.4, -0.2) is 82.6 Å². The van der Waals surface area contributed by atoms with E-state index in [-0.39, 0.29) is 55.8 Å². The van der Waals surface area contributed by atoms with Crippen molar-refractivity contribution in [1.29, 1.82) is 0 Å². The van der Waals surface area contributed by atoms with Gasteiger partial charge >= 0.3 is 6.09 Å². The van der Waals surface area contributed by atoms with E-state index in [1.807, 2.05) is 42.5 Å². The van der Waals surface area contributed by atoms with Crippen molar-refractivity contribution >= 4 is 40.2 Å². The molecule has 3 aliphatic rings. The number of phenols is 1. The first-order chi connectivity index (χ1) is 27.6. The number of piperidine rings is 3. The number of anilines is 1. The predicted octanol–water partition coefficient (Wildman–Crippen LogP) is 7.17. The number of methoxy groups -OCH3 is 1. The predicted molar refractivity (Wildman–Crippen MR) is 227 cm³/mol. The van der Waals surface area contributed by atoms with E-state index in [1.54, 1.807) is 29.2 Å². The summed E-state index contributed by atoms with van der Waals surface area (Å²) < 4.78 is 5.59. The molecule has 4 aromatic carbocycles. The highest BCUT2D eigenvalue weighted by molar-refractivity contribution is 6.34. The topological polar surface area (TPSA) is 167 Å². The van der Waals surface area contributed by atoms with Gasteiger partial charge in [0.2, 0.25) is 5.56 Å². The number of hydrogen-bond acceptors (Lipinski definition) is 8. The van der Waals surface area contributed by atoms with Gasteiger partial charge in [-0.05, 0) is 85.5 Å². The minimum atomic E-state index is -0.949. The van der Waals surface area contributed by atoms with Gasteiger partial charge in [0.05, 0.1) is 40.5 Å². The lowest BCUT2D eigenvalue weighted by Gasteiger charge is -2.53. The fourth-order valence-corrected chi connectivity index (χ4v) is 8.61.